The van der Waals surface area contributed by atoms with Gasteiger partial charge in [-0.3, -0.25) is 4.79 Å². The lowest BCUT2D eigenvalue weighted by molar-refractivity contribution is -0.123. The first-order chi connectivity index (χ1) is 10.2. The van der Waals surface area contributed by atoms with E-state index in [-0.39, 0.29) is 24.5 Å². The van der Waals surface area contributed by atoms with E-state index >= 15 is 0 Å². The quantitative estimate of drug-likeness (QED) is 0.776. The minimum absolute atomic E-state index is 0.00959. The Kier molecular flexibility index (Phi) is 6.88. The predicted molar refractivity (Wildman–Crippen MR) is 89.3 cm³/mol. The van der Waals surface area contributed by atoms with E-state index in [1.165, 1.54) is 11.1 Å². The normalized spacial score (nSPS) is 11.6. The zero-order chi connectivity index (χ0) is 16.8. The van der Waals surface area contributed by atoms with E-state index in [1.807, 2.05) is 26.0 Å². The summed E-state index contributed by atoms with van der Waals surface area (Å²) in [5.41, 5.74) is 2.36. The van der Waals surface area contributed by atoms with Gasteiger partial charge in [0.25, 0.3) is 5.91 Å². The molecule has 1 aromatic rings. The van der Waals surface area contributed by atoms with E-state index in [0.29, 0.717) is 24.6 Å². The second-order valence-corrected chi connectivity index (χ2v) is 6.88. The van der Waals surface area contributed by atoms with Gasteiger partial charge >= 0.3 is 0 Å². The third-order valence-corrected chi connectivity index (χ3v) is 3.79. The molecule has 22 heavy (non-hydrogen) atoms. The van der Waals surface area contributed by atoms with Gasteiger partial charge in [0.1, 0.15) is 5.75 Å². The van der Waals surface area contributed by atoms with E-state index in [9.17, 15) is 4.79 Å². The Balaban J connectivity index is 2.46. The number of aliphatic hydroxyl groups excluding tert-OH is 1. The summed E-state index contributed by atoms with van der Waals surface area (Å²) in [4.78, 5) is 11.8. The number of amides is 1. The molecule has 4 nitrogen and oxygen atoms in total. The number of carbonyl (C=O) groups excluding carboxylic acids is 1. The highest BCUT2D eigenvalue weighted by Crippen LogP contribution is 2.23. The van der Waals surface area contributed by atoms with Crippen molar-refractivity contribution in [3.63, 3.8) is 0 Å². The third kappa shape index (κ3) is 6.06. The van der Waals surface area contributed by atoms with Crippen molar-refractivity contribution in [3.8, 4) is 5.75 Å². The molecular formula is C18H29NO3. The molecule has 0 fully saturated rings. The summed E-state index contributed by atoms with van der Waals surface area (Å²) < 4.78 is 5.55. The number of benzene rings is 1. The first-order valence-corrected chi connectivity index (χ1v) is 7.86. The molecule has 0 saturated carbocycles. The number of carbonyl (C=O) groups is 1. The Morgan fingerprint density at radius 3 is 2.59 bits per heavy atom. The van der Waals surface area contributed by atoms with Crippen LogP contribution in [0.2, 0.25) is 0 Å². The Morgan fingerprint density at radius 1 is 1.36 bits per heavy atom. The van der Waals surface area contributed by atoms with Crippen molar-refractivity contribution in [3.05, 3.63) is 29.3 Å². The molecule has 0 spiro atoms. The highest BCUT2D eigenvalue weighted by atomic mass is 16.5. The Bertz CT molecular complexity index is 495. The smallest absolute Gasteiger partial charge is 0.257 e. The molecule has 1 amide bonds. The van der Waals surface area contributed by atoms with E-state index in [4.69, 9.17) is 9.84 Å². The topological polar surface area (TPSA) is 58.6 Å². The van der Waals surface area contributed by atoms with Crippen LogP contribution in [0.15, 0.2) is 18.2 Å². The van der Waals surface area contributed by atoms with Crippen molar-refractivity contribution in [1.29, 1.82) is 0 Å². The van der Waals surface area contributed by atoms with Gasteiger partial charge in [0.15, 0.2) is 6.61 Å². The number of ether oxygens (including phenoxy) is 1. The minimum atomic E-state index is -0.142. The van der Waals surface area contributed by atoms with Crippen molar-refractivity contribution in [2.75, 3.05) is 19.8 Å². The van der Waals surface area contributed by atoms with Gasteiger partial charge in [-0.15, -0.1) is 0 Å². The Labute approximate surface area is 133 Å². The van der Waals surface area contributed by atoms with Crippen molar-refractivity contribution in [1.82, 2.24) is 5.32 Å². The molecular weight excluding hydrogens is 278 g/mol. The fraction of sp³-hybridized carbons (Fsp3) is 0.611. The van der Waals surface area contributed by atoms with Crippen molar-refractivity contribution in [2.45, 2.75) is 47.0 Å². The molecule has 4 heteroatoms. The summed E-state index contributed by atoms with van der Waals surface area (Å²) in [5, 5.41) is 11.8. The average Bonchev–Trinajstić information content (AvgIpc) is 2.42. The standard InChI is InChI=1S/C18H29NO3/c1-13(2)16-7-6-15(10-14(16)3)22-11-17(21)19-12-18(4,5)8-9-20/h6-7,10,13,20H,8-9,11-12H2,1-5H3,(H,19,21). The van der Waals surface area contributed by atoms with Gasteiger partial charge in [0.2, 0.25) is 0 Å². The van der Waals surface area contributed by atoms with Crippen LogP contribution in [0.4, 0.5) is 0 Å². The first-order valence-electron chi connectivity index (χ1n) is 7.86. The lowest BCUT2D eigenvalue weighted by Crippen LogP contribution is -2.37. The number of hydrogen-bond donors (Lipinski definition) is 2. The SMILES string of the molecule is Cc1cc(OCC(=O)NCC(C)(C)CCO)ccc1C(C)C. The molecule has 1 rings (SSSR count). The predicted octanol–water partition coefficient (Wildman–Crippen LogP) is 3.02. The minimum Gasteiger partial charge on any atom is -0.484 e. The summed E-state index contributed by atoms with van der Waals surface area (Å²) in [6.45, 7) is 11.1. The van der Waals surface area contributed by atoms with Gasteiger partial charge in [-0.2, -0.15) is 0 Å². The van der Waals surface area contributed by atoms with Gasteiger partial charge in [0.05, 0.1) is 0 Å². The van der Waals surface area contributed by atoms with Crippen LogP contribution >= 0.6 is 0 Å². The molecule has 124 valence electrons. The lowest BCUT2D eigenvalue weighted by atomic mass is 9.90. The van der Waals surface area contributed by atoms with E-state index in [2.05, 4.69) is 32.2 Å². The summed E-state index contributed by atoms with van der Waals surface area (Å²) in [6, 6.07) is 5.93. The second-order valence-electron chi connectivity index (χ2n) is 6.88. The number of aliphatic hydroxyl groups is 1. The summed E-state index contributed by atoms with van der Waals surface area (Å²) in [7, 11) is 0. The molecule has 0 saturated heterocycles. The Morgan fingerprint density at radius 2 is 2.05 bits per heavy atom. The van der Waals surface area contributed by atoms with Crippen LogP contribution in [-0.4, -0.2) is 30.8 Å². The van der Waals surface area contributed by atoms with Crippen LogP contribution < -0.4 is 10.1 Å². The molecule has 0 aromatic heterocycles. The number of hydrogen-bond acceptors (Lipinski definition) is 3. The molecule has 0 aliphatic rings. The number of nitrogens with one attached hydrogen (secondary N) is 1. The summed E-state index contributed by atoms with van der Waals surface area (Å²) >= 11 is 0. The summed E-state index contributed by atoms with van der Waals surface area (Å²) in [6.07, 6.45) is 0.657. The van der Waals surface area contributed by atoms with Crippen LogP contribution in [0.25, 0.3) is 0 Å². The fourth-order valence-corrected chi connectivity index (χ4v) is 2.31. The zero-order valence-corrected chi connectivity index (χ0v) is 14.4. The number of aryl methyl sites for hydroxylation is 1. The maximum atomic E-state index is 11.8. The number of rotatable bonds is 8. The molecule has 1 aromatic carbocycles. The molecule has 0 radical (unpaired) electrons. The maximum Gasteiger partial charge on any atom is 0.257 e. The molecule has 0 heterocycles. The highest BCUT2D eigenvalue weighted by molar-refractivity contribution is 5.77. The van der Waals surface area contributed by atoms with E-state index < -0.39 is 0 Å². The van der Waals surface area contributed by atoms with Crippen LogP contribution in [0.5, 0.6) is 5.75 Å². The fourth-order valence-electron chi connectivity index (χ4n) is 2.31. The zero-order valence-electron chi connectivity index (χ0n) is 14.4. The van der Waals surface area contributed by atoms with Crippen LogP contribution in [-0.2, 0) is 4.79 Å². The first kappa shape index (κ1) is 18.5. The highest BCUT2D eigenvalue weighted by Gasteiger charge is 2.18. The van der Waals surface area contributed by atoms with Crippen molar-refractivity contribution in [2.24, 2.45) is 5.41 Å². The van der Waals surface area contributed by atoms with E-state index in [1.54, 1.807) is 0 Å². The maximum absolute atomic E-state index is 11.8. The molecule has 2 N–H and O–H groups in total. The molecule has 0 unspecified atom stereocenters. The second kappa shape index (κ2) is 8.18. The summed E-state index contributed by atoms with van der Waals surface area (Å²) in [5.74, 6) is 1.05. The van der Waals surface area contributed by atoms with Crippen LogP contribution in [0.1, 0.15) is 51.2 Å². The van der Waals surface area contributed by atoms with Gasteiger partial charge in [-0.25, -0.2) is 0 Å². The van der Waals surface area contributed by atoms with Crippen molar-refractivity contribution >= 4 is 5.91 Å². The van der Waals surface area contributed by atoms with Gasteiger partial charge < -0.3 is 15.2 Å². The largest absolute Gasteiger partial charge is 0.484 e. The van der Waals surface area contributed by atoms with Gasteiger partial charge in [0, 0.05) is 13.2 Å². The van der Waals surface area contributed by atoms with Gasteiger partial charge in [-0.1, -0.05) is 33.8 Å². The van der Waals surface area contributed by atoms with Crippen LogP contribution in [0, 0.1) is 12.3 Å². The average molecular weight is 307 g/mol. The molecule has 0 atom stereocenters. The van der Waals surface area contributed by atoms with Gasteiger partial charge in [-0.05, 0) is 47.9 Å². The monoisotopic (exact) mass is 307 g/mol. The lowest BCUT2D eigenvalue weighted by Gasteiger charge is -2.23. The van der Waals surface area contributed by atoms with E-state index in [0.717, 1.165) is 0 Å². The molecule has 0 aliphatic carbocycles. The molecule has 0 aliphatic heterocycles. The van der Waals surface area contributed by atoms with Crippen LogP contribution in [0.3, 0.4) is 0 Å². The van der Waals surface area contributed by atoms with Crippen molar-refractivity contribution < 1.29 is 14.6 Å². The third-order valence-electron chi connectivity index (χ3n) is 3.79. The molecule has 0 bridgehead atoms. The Hall–Kier alpha value is -1.55.